The minimum atomic E-state index is -0.428. The van der Waals surface area contributed by atoms with Crippen LogP contribution >= 0.6 is 11.6 Å². The van der Waals surface area contributed by atoms with Gasteiger partial charge in [-0.2, -0.15) is 9.97 Å². The zero-order valence-corrected chi connectivity index (χ0v) is 13.5. The highest BCUT2D eigenvalue weighted by Crippen LogP contribution is 2.35. The number of nitrogens with two attached hydrogens (primary N) is 1. The van der Waals surface area contributed by atoms with Crippen molar-refractivity contribution in [1.29, 1.82) is 0 Å². The van der Waals surface area contributed by atoms with E-state index in [0.29, 0.717) is 23.8 Å². The predicted octanol–water partition coefficient (Wildman–Crippen LogP) is 2.27. The predicted molar refractivity (Wildman–Crippen MR) is 90.9 cm³/mol. The molecule has 0 atom stereocenters. The summed E-state index contributed by atoms with van der Waals surface area (Å²) in [6.07, 6.45) is 3.80. The molecule has 1 aliphatic rings. The van der Waals surface area contributed by atoms with Crippen LogP contribution in [0.2, 0.25) is 5.28 Å². The lowest BCUT2D eigenvalue weighted by molar-refractivity contribution is 0.100. The van der Waals surface area contributed by atoms with Crippen molar-refractivity contribution in [3.63, 3.8) is 0 Å². The van der Waals surface area contributed by atoms with Gasteiger partial charge < -0.3 is 15.6 Å². The number of carbonyl (C=O) groups excluding carboxylic acids is 1. The number of rotatable bonds is 5. The molecule has 0 saturated heterocycles. The van der Waals surface area contributed by atoms with Crippen LogP contribution in [0.5, 0.6) is 0 Å². The van der Waals surface area contributed by atoms with Gasteiger partial charge in [0.05, 0.1) is 6.33 Å². The molecule has 7 nitrogen and oxygen atoms in total. The zero-order chi connectivity index (χ0) is 16.7. The van der Waals surface area contributed by atoms with Crippen molar-refractivity contribution in [2.45, 2.75) is 25.4 Å². The van der Waals surface area contributed by atoms with Gasteiger partial charge in [0, 0.05) is 18.2 Å². The van der Waals surface area contributed by atoms with Crippen molar-refractivity contribution in [2.24, 2.45) is 5.73 Å². The number of aromatic nitrogens is 4. The van der Waals surface area contributed by atoms with Gasteiger partial charge in [-0.05, 0) is 42.1 Å². The Hall–Kier alpha value is -2.67. The van der Waals surface area contributed by atoms with Crippen LogP contribution in [-0.2, 0) is 6.54 Å². The van der Waals surface area contributed by atoms with Crippen LogP contribution < -0.4 is 10.6 Å². The van der Waals surface area contributed by atoms with E-state index < -0.39 is 5.91 Å². The number of nitrogens with zero attached hydrogens (tertiary/aromatic N) is 4. The van der Waals surface area contributed by atoms with Gasteiger partial charge in [0.25, 0.3) is 0 Å². The molecule has 0 radical (unpaired) electrons. The van der Waals surface area contributed by atoms with E-state index in [1.165, 1.54) is 0 Å². The second kappa shape index (κ2) is 5.76. The maximum Gasteiger partial charge on any atom is 0.248 e. The van der Waals surface area contributed by atoms with Crippen molar-refractivity contribution >= 4 is 34.5 Å². The monoisotopic (exact) mass is 342 g/mol. The first-order valence-corrected chi connectivity index (χ1v) is 8.01. The third kappa shape index (κ3) is 2.78. The molecule has 1 saturated carbocycles. The van der Waals surface area contributed by atoms with Crippen molar-refractivity contribution in [1.82, 2.24) is 19.9 Å². The molecule has 8 heteroatoms. The van der Waals surface area contributed by atoms with Gasteiger partial charge in [-0.3, -0.25) is 4.79 Å². The first kappa shape index (κ1) is 14.9. The number of hydrogen-bond donors (Lipinski definition) is 2. The van der Waals surface area contributed by atoms with Gasteiger partial charge >= 0.3 is 0 Å². The fourth-order valence-electron chi connectivity index (χ4n) is 2.73. The summed E-state index contributed by atoms with van der Waals surface area (Å²) >= 11 is 6.05. The Morgan fingerprint density at radius 3 is 2.71 bits per heavy atom. The minimum Gasteiger partial charge on any atom is -0.366 e. The number of anilines is 1. The number of carbonyl (C=O) groups is 1. The minimum absolute atomic E-state index is 0.180. The lowest BCUT2D eigenvalue weighted by atomic mass is 10.1. The number of amides is 1. The standard InChI is InChI=1S/C16H15ClN6O/c17-16-21-14-12(19-8-20-14)15(22-16)23(11-5-6-11)7-9-1-3-10(4-2-9)13(18)24/h1-4,8,11H,5-7H2,(H2,18,24)(H,19,20,21,22). The molecule has 4 rings (SSSR count). The maximum atomic E-state index is 11.2. The Labute approximate surface area is 142 Å². The van der Waals surface area contributed by atoms with Crippen molar-refractivity contribution in [3.8, 4) is 0 Å². The van der Waals surface area contributed by atoms with Crippen molar-refractivity contribution in [3.05, 3.63) is 47.0 Å². The maximum absolute atomic E-state index is 11.2. The Bertz CT molecular complexity index is 903. The van der Waals surface area contributed by atoms with Gasteiger partial charge in [-0.25, -0.2) is 4.98 Å². The molecule has 1 aromatic carbocycles. The molecule has 0 unspecified atom stereocenters. The molecule has 0 bridgehead atoms. The van der Waals surface area contributed by atoms with E-state index in [4.69, 9.17) is 17.3 Å². The molecule has 0 spiro atoms. The highest BCUT2D eigenvalue weighted by molar-refractivity contribution is 6.28. The topological polar surface area (TPSA) is 101 Å². The lowest BCUT2D eigenvalue weighted by Gasteiger charge is -2.24. The summed E-state index contributed by atoms with van der Waals surface area (Å²) in [5, 5.41) is 0.180. The smallest absolute Gasteiger partial charge is 0.248 e. The summed E-state index contributed by atoms with van der Waals surface area (Å²) in [4.78, 5) is 29.2. The van der Waals surface area contributed by atoms with Crippen LogP contribution in [0.15, 0.2) is 30.6 Å². The summed E-state index contributed by atoms with van der Waals surface area (Å²) in [6.45, 7) is 0.658. The fourth-order valence-corrected chi connectivity index (χ4v) is 2.89. The second-order valence-electron chi connectivity index (χ2n) is 5.84. The summed E-state index contributed by atoms with van der Waals surface area (Å²) in [5.41, 5.74) is 8.18. The third-order valence-electron chi connectivity index (χ3n) is 4.09. The average molecular weight is 343 g/mol. The molecular formula is C16H15ClN6O. The normalized spacial score (nSPS) is 14.0. The van der Waals surface area contributed by atoms with Gasteiger partial charge in [-0.15, -0.1) is 0 Å². The lowest BCUT2D eigenvalue weighted by Crippen LogP contribution is -2.26. The Balaban J connectivity index is 1.69. The van der Waals surface area contributed by atoms with Crippen LogP contribution in [0.4, 0.5) is 5.82 Å². The van der Waals surface area contributed by atoms with Gasteiger partial charge in [0.1, 0.15) is 5.52 Å². The van der Waals surface area contributed by atoms with Crippen LogP contribution in [0.1, 0.15) is 28.8 Å². The number of aromatic amines is 1. The van der Waals surface area contributed by atoms with E-state index in [-0.39, 0.29) is 5.28 Å². The Morgan fingerprint density at radius 1 is 1.29 bits per heavy atom. The first-order chi connectivity index (χ1) is 11.6. The summed E-state index contributed by atoms with van der Waals surface area (Å²) in [5.74, 6) is 0.325. The molecule has 3 aromatic rings. The van der Waals surface area contributed by atoms with Crippen LogP contribution in [-0.4, -0.2) is 31.9 Å². The summed E-state index contributed by atoms with van der Waals surface area (Å²) in [6, 6.07) is 7.70. The number of fused-ring (bicyclic) bond motifs is 1. The number of primary amides is 1. The summed E-state index contributed by atoms with van der Waals surface area (Å²) in [7, 11) is 0. The van der Waals surface area contributed by atoms with E-state index in [1.807, 2.05) is 12.1 Å². The van der Waals surface area contributed by atoms with Crippen LogP contribution in [0, 0.1) is 0 Å². The highest BCUT2D eigenvalue weighted by atomic mass is 35.5. The molecule has 0 aliphatic heterocycles. The molecule has 3 N–H and O–H groups in total. The van der Waals surface area contributed by atoms with E-state index in [1.54, 1.807) is 18.5 Å². The van der Waals surface area contributed by atoms with Crippen molar-refractivity contribution in [2.75, 3.05) is 4.90 Å². The number of halogens is 1. The number of nitrogens with one attached hydrogen (secondary N) is 1. The van der Waals surface area contributed by atoms with Gasteiger partial charge in [0.2, 0.25) is 11.2 Å². The van der Waals surface area contributed by atoms with Crippen molar-refractivity contribution < 1.29 is 4.79 Å². The number of imidazole rings is 1. The van der Waals surface area contributed by atoms with E-state index >= 15 is 0 Å². The number of benzene rings is 1. The molecule has 122 valence electrons. The Kier molecular flexibility index (Phi) is 3.57. The number of H-pyrrole nitrogens is 1. The Morgan fingerprint density at radius 2 is 2.04 bits per heavy atom. The fraction of sp³-hybridized carbons (Fsp3) is 0.250. The average Bonchev–Trinajstić information content (AvgIpc) is 3.30. The highest BCUT2D eigenvalue weighted by Gasteiger charge is 2.32. The van der Waals surface area contributed by atoms with Crippen LogP contribution in [0.3, 0.4) is 0 Å². The van der Waals surface area contributed by atoms with E-state index in [9.17, 15) is 4.79 Å². The molecule has 24 heavy (non-hydrogen) atoms. The molecule has 1 amide bonds. The summed E-state index contributed by atoms with van der Waals surface area (Å²) < 4.78 is 0. The van der Waals surface area contributed by atoms with Gasteiger partial charge in [0.15, 0.2) is 11.5 Å². The number of hydrogen-bond acceptors (Lipinski definition) is 5. The van der Waals surface area contributed by atoms with E-state index in [2.05, 4.69) is 24.8 Å². The van der Waals surface area contributed by atoms with Gasteiger partial charge in [-0.1, -0.05) is 12.1 Å². The quantitative estimate of drug-likeness (QED) is 0.693. The largest absolute Gasteiger partial charge is 0.366 e. The first-order valence-electron chi connectivity index (χ1n) is 7.64. The zero-order valence-electron chi connectivity index (χ0n) is 12.7. The SMILES string of the molecule is NC(=O)c1ccc(CN(c2nc(Cl)nc3nc[nH]c23)C2CC2)cc1. The van der Waals surface area contributed by atoms with E-state index in [0.717, 1.165) is 29.7 Å². The molecule has 1 aliphatic carbocycles. The molecule has 2 aromatic heterocycles. The molecule has 1 fully saturated rings. The molecule has 2 heterocycles. The van der Waals surface area contributed by atoms with Crippen LogP contribution in [0.25, 0.3) is 11.2 Å². The molecular weight excluding hydrogens is 328 g/mol. The second-order valence-corrected chi connectivity index (χ2v) is 6.18. The third-order valence-corrected chi connectivity index (χ3v) is 4.26.